The number of hydrogen-bond donors (Lipinski definition) is 3. The molecule has 3 aromatic rings. The van der Waals surface area contributed by atoms with Crippen LogP contribution < -0.4 is 10.2 Å². The summed E-state index contributed by atoms with van der Waals surface area (Å²) >= 11 is 11.9. The van der Waals surface area contributed by atoms with Crippen LogP contribution in [0.3, 0.4) is 0 Å². The van der Waals surface area contributed by atoms with E-state index in [4.69, 9.17) is 23.2 Å². The minimum absolute atomic E-state index is 0.00961. The molecule has 0 aliphatic carbocycles. The van der Waals surface area contributed by atoms with Gasteiger partial charge < -0.3 is 20.4 Å². The lowest BCUT2D eigenvalue weighted by Gasteiger charge is -2.33. The van der Waals surface area contributed by atoms with Crippen molar-refractivity contribution in [1.29, 1.82) is 0 Å². The zero-order valence-corrected chi connectivity index (χ0v) is 20.0. The van der Waals surface area contributed by atoms with Crippen LogP contribution in [0.15, 0.2) is 60.7 Å². The molecule has 0 bridgehead atoms. The van der Waals surface area contributed by atoms with Crippen LogP contribution in [0.25, 0.3) is 0 Å². The van der Waals surface area contributed by atoms with E-state index < -0.39 is 54.3 Å². The van der Waals surface area contributed by atoms with E-state index in [1.165, 1.54) is 30.3 Å². The number of carbonyl (C=O) groups is 2. The maximum Gasteiger partial charge on any atom is 0.284 e. The van der Waals surface area contributed by atoms with Crippen LogP contribution in [0.5, 0.6) is 0 Å². The standard InChI is InChI=1S/C25H19Cl2F3N2O4/c26-15-6-8-21-17(12-15)24(36,13-33)25(29,30)9-10-32(21)23(35)14-5-7-20(19(28)11-14)31-22(34)16-3-1-2-4-18(16)27/h1-8,11-12,33,36H,9-10,13H2,(H,31,34)/t24-/m0/s1. The van der Waals surface area contributed by atoms with Gasteiger partial charge in [0.25, 0.3) is 17.7 Å². The molecule has 3 N–H and O–H groups in total. The normalized spacial score (nSPS) is 18.8. The molecular weight excluding hydrogens is 520 g/mol. The fourth-order valence-corrected chi connectivity index (χ4v) is 4.40. The van der Waals surface area contributed by atoms with Crippen LogP contribution in [0, 0.1) is 5.82 Å². The topological polar surface area (TPSA) is 89.9 Å². The molecule has 0 fully saturated rings. The molecule has 1 aliphatic heterocycles. The lowest BCUT2D eigenvalue weighted by molar-refractivity contribution is -0.205. The number of amides is 2. The molecule has 6 nitrogen and oxygen atoms in total. The molecule has 1 atom stereocenters. The second kappa shape index (κ2) is 9.74. The number of benzene rings is 3. The number of hydrogen-bond acceptors (Lipinski definition) is 4. The highest BCUT2D eigenvalue weighted by Crippen LogP contribution is 2.47. The van der Waals surface area contributed by atoms with Crippen molar-refractivity contribution in [2.24, 2.45) is 0 Å². The van der Waals surface area contributed by atoms with Crippen molar-refractivity contribution in [2.75, 3.05) is 23.4 Å². The van der Waals surface area contributed by atoms with Gasteiger partial charge >= 0.3 is 0 Å². The Labute approximate surface area is 213 Å². The number of fused-ring (bicyclic) bond motifs is 1. The van der Waals surface area contributed by atoms with Gasteiger partial charge in [0.05, 0.1) is 28.6 Å². The summed E-state index contributed by atoms with van der Waals surface area (Å²) in [6.07, 6.45) is -0.976. The van der Waals surface area contributed by atoms with Gasteiger partial charge in [0.15, 0.2) is 5.60 Å². The summed E-state index contributed by atoms with van der Waals surface area (Å²) in [7, 11) is 0. The van der Waals surface area contributed by atoms with Crippen molar-refractivity contribution in [2.45, 2.75) is 17.9 Å². The first-order chi connectivity index (χ1) is 17.0. The highest BCUT2D eigenvalue weighted by atomic mass is 35.5. The van der Waals surface area contributed by atoms with Gasteiger partial charge in [0, 0.05) is 29.1 Å². The van der Waals surface area contributed by atoms with Crippen LogP contribution in [0.4, 0.5) is 24.5 Å². The zero-order chi connectivity index (χ0) is 26.3. The number of carbonyl (C=O) groups excluding carboxylic acids is 2. The van der Waals surface area contributed by atoms with E-state index in [9.17, 15) is 33.0 Å². The summed E-state index contributed by atoms with van der Waals surface area (Å²) in [4.78, 5) is 26.7. The van der Waals surface area contributed by atoms with Crippen molar-refractivity contribution in [3.63, 3.8) is 0 Å². The van der Waals surface area contributed by atoms with Crippen LogP contribution >= 0.6 is 23.2 Å². The molecule has 0 spiro atoms. The van der Waals surface area contributed by atoms with Crippen LogP contribution in [-0.4, -0.2) is 41.1 Å². The Balaban J connectivity index is 1.67. The Morgan fingerprint density at radius 2 is 1.78 bits per heavy atom. The van der Waals surface area contributed by atoms with Crippen molar-refractivity contribution >= 4 is 46.4 Å². The summed E-state index contributed by atoms with van der Waals surface area (Å²) < 4.78 is 44.6. The lowest BCUT2D eigenvalue weighted by atomic mass is 9.86. The van der Waals surface area contributed by atoms with Gasteiger partial charge in [-0.3, -0.25) is 9.59 Å². The fourth-order valence-electron chi connectivity index (χ4n) is 4.00. The fraction of sp³-hybridized carbons (Fsp3) is 0.200. The first-order valence-electron chi connectivity index (χ1n) is 10.7. The third kappa shape index (κ3) is 4.55. The summed E-state index contributed by atoms with van der Waals surface area (Å²) in [5, 5.41) is 22.9. The van der Waals surface area contributed by atoms with Crippen LogP contribution in [0.2, 0.25) is 10.0 Å². The Bertz CT molecular complexity index is 1350. The molecule has 2 amide bonds. The highest BCUT2D eigenvalue weighted by molar-refractivity contribution is 6.34. The van der Waals surface area contributed by atoms with Crippen molar-refractivity contribution in [3.8, 4) is 0 Å². The first kappa shape index (κ1) is 26.0. The third-order valence-electron chi connectivity index (χ3n) is 6.01. The number of halogens is 5. The largest absolute Gasteiger partial charge is 0.393 e. The Morgan fingerprint density at radius 1 is 1.06 bits per heavy atom. The molecule has 4 rings (SSSR count). The van der Waals surface area contributed by atoms with E-state index in [1.807, 2.05) is 0 Å². The van der Waals surface area contributed by atoms with E-state index in [2.05, 4.69) is 5.32 Å². The van der Waals surface area contributed by atoms with Gasteiger partial charge in [-0.25, -0.2) is 13.2 Å². The highest BCUT2D eigenvalue weighted by Gasteiger charge is 2.56. The smallest absolute Gasteiger partial charge is 0.284 e. The Kier molecular flexibility index (Phi) is 7.03. The minimum atomic E-state index is -3.80. The third-order valence-corrected chi connectivity index (χ3v) is 6.57. The van der Waals surface area contributed by atoms with Gasteiger partial charge in [0.2, 0.25) is 0 Å². The Hall–Kier alpha value is -3.11. The maximum atomic E-state index is 14.9. The average molecular weight is 539 g/mol. The van der Waals surface area contributed by atoms with E-state index in [-0.39, 0.29) is 32.5 Å². The lowest BCUT2D eigenvalue weighted by Crippen LogP contribution is -2.48. The first-order valence-corrected chi connectivity index (χ1v) is 11.4. The molecule has 0 radical (unpaired) electrons. The number of aliphatic hydroxyl groups is 2. The van der Waals surface area contributed by atoms with E-state index in [0.717, 1.165) is 23.1 Å². The molecule has 0 unspecified atom stereocenters. The molecule has 11 heteroatoms. The van der Waals surface area contributed by atoms with Gasteiger partial charge in [-0.15, -0.1) is 0 Å². The summed E-state index contributed by atoms with van der Waals surface area (Å²) in [6.45, 7) is -1.85. The van der Waals surface area contributed by atoms with Crippen LogP contribution in [0.1, 0.15) is 32.7 Å². The van der Waals surface area contributed by atoms with Crippen molar-refractivity contribution in [3.05, 3.63) is 93.2 Å². The van der Waals surface area contributed by atoms with Gasteiger partial charge in [0.1, 0.15) is 5.82 Å². The van der Waals surface area contributed by atoms with Gasteiger partial charge in [-0.2, -0.15) is 0 Å². The monoisotopic (exact) mass is 538 g/mol. The number of nitrogens with zero attached hydrogens (tertiary/aromatic N) is 1. The molecular formula is C25H19Cl2F3N2O4. The number of nitrogens with one attached hydrogen (secondary N) is 1. The SMILES string of the molecule is O=C(Nc1ccc(C(=O)N2CCC(F)(F)[C@](O)(CO)c3cc(Cl)ccc32)cc1F)c1ccccc1Cl. The number of anilines is 2. The molecule has 1 aliphatic rings. The summed E-state index contributed by atoms with van der Waals surface area (Å²) in [5.41, 5.74) is -3.81. The van der Waals surface area contributed by atoms with Gasteiger partial charge in [-0.05, 0) is 48.5 Å². The number of alkyl halides is 2. The van der Waals surface area contributed by atoms with E-state index in [1.54, 1.807) is 12.1 Å². The molecule has 3 aromatic carbocycles. The predicted octanol–water partition coefficient (Wildman–Crippen LogP) is 5.25. The predicted molar refractivity (Wildman–Crippen MR) is 129 cm³/mol. The Morgan fingerprint density at radius 3 is 2.44 bits per heavy atom. The molecule has 0 aromatic heterocycles. The van der Waals surface area contributed by atoms with E-state index in [0.29, 0.717) is 0 Å². The maximum absolute atomic E-state index is 14.9. The van der Waals surface area contributed by atoms with Gasteiger partial charge in [-0.1, -0.05) is 35.3 Å². The summed E-state index contributed by atoms with van der Waals surface area (Å²) in [5.74, 6) is -6.24. The number of aliphatic hydroxyl groups excluding tert-OH is 1. The van der Waals surface area contributed by atoms with Crippen molar-refractivity contribution < 1.29 is 33.0 Å². The zero-order valence-electron chi connectivity index (χ0n) is 18.4. The average Bonchev–Trinajstić information content (AvgIpc) is 2.93. The van der Waals surface area contributed by atoms with Crippen molar-refractivity contribution in [1.82, 2.24) is 0 Å². The second-order valence-corrected chi connectivity index (χ2v) is 9.06. The van der Waals surface area contributed by atoms with Crippen LogP contribution in [-0.2, 0) is 5.60 Å². The molecule has 36 heavy (non-hydrogen) atoms. The second-order valence-electron chi connectivity index (χ2n) is 8.22. The minimum Gasteiger partial charge on any atom is -0.393 e. The quantitative estimate of drug-likeness (QED) is 0.423. The molecule has 0 saturated heterocycles. The summed E-state index contributed by atoms with van der Waals surface area (Å²) in [6, 6.07) is 13.1. The number of rotatable bonds is 4. The van der Waals surface area contributed by atoms with E-state index >= 15 is 0 Å². The molecule has 188 valence electrons. The molecule has 0 saturated carbocycles. The molecule has 1 heterocycles.